The van der Waals surface area contributed by atoms with Gasteiger partial charge in [-0.3, -0.25) is 9.88 Å². The van der Waals surface area contributed by atoms with Gasteiger partial charge in [-0.25, -0.2) is 9.38 Å². The lowest BCUT2D eigenvalue weighted by Crippen LogP contribution is -2.47. The molecule has 3 rings (SSSR count). The Labute approximate surface area is 172 Å². The zero-order valence-corrected chi connectivity index (χ0v) is 17.1. The molecule has 1 aromatic heterocycles. The highest BCUT2D eigenvalue weighted by Gasteiger charge is 2.18. The van der Waals surface area contributed by atoms with Crippen molar-refractivity contribution in [3.8, 4) is 0 Å². The minimum absolute atomic E-state index is 0.133. The summed E-state index contributed by atoms with van der Waals surface area (Å²) in [6.45, 7) is 8.99. The molecule has 0 spiro atoms. The monoisotopic (exact) mass is 398 g/mol. The molecule has 0 aliphatic carbocycles. The van der Waals surface area contributed by atoms with E-state index in [1.807, 2.05) is 30.3 Å². The van der Waals surface area contributed by atoms with Crippen molar-refractivity contribution in [1.29, 1.82) is 0 Å². The normalized spacial score (nSPS) is 15.4. The van der Waals surface area contributed by atoms with E-state index in [4.69, 9.17) is 0 Å². The lowest BCUT2D eigenvalue weighted by Gasteiger charge is -2.36. The minimum atomic E-state index is -0.133. The van der Waals surface area contributed by atoms with Gasteiger partial charge in [0.1, 0.15) is 5.82 Å². The van der Waals surface area contributed by atoms with Gasteiger partial charge in [0.25, 0.3) is 0 Å². The second kappa shape index (κ2) is 11.4. The third kappa shape index (κ3) is 6.71. The van der Waals surface area contributed by atoms with Crippen LogP contribution in [0.25, 0.3) is 0 Å². The second-order valence-corrected chi connectivity index (χ2v) is 7.08. The van der Waals surface area contributed by atoms with Gasteiger partial charge in [-0.1, -0.05) is 18.2 Å². The van der Waals surface area contributed by atoms with Crippen LogP contribution < -0.4 is 15.5 Å². The van der Waals surface area contributed by atoms with Crippen LogP contribution in [0.1, 0.15) is 19.0 Å². The summed E-state index contributed by atoms with van der Waals surface area (Å²) in [5, 5.41) is 6.67. The van der Waals surface area contributed by atoms with Crippen molar-refractivity contribution in [3.63, 3.8) is 0 Å². The van der Waals surface area contributed by atoms with Gasteiger partial charge in [0.2, 0.25) is 0 Å². The number of benzene rings is 1. The number of anilines is 1. The summed E-state index contributed by atoms with van der Waals surface area (Å²) < 4.78 is 13.9. The number of halogens is 1. The molecule has 0 unspecified atom stereocenters. The zero-order chi connectivity index (χ0) is 20.3. The maximum absolute atomic E-state index is 13.9. The average Bonchev–Trinajstić information content (AvgIpc) is 2.76. The van der Waals surface area contributed by atoms with Crippen LogP contribution in [0.3, 0.4) is 0 Å². The summed E-state index contributed by atoms with van der Waals surface area (Å²) >= 11 is 0. The van der Waals surface area contributed by atoms with Crippen LogP contribution >= 0.6 is 0 Å². The molecule has 2 heterocycles. The third-order valence-electron chi connectivity index (χ3n) is 4.98. The Balaban J connectivity index is 1.37. The average molecular weight is 399 g/mol. The highest BCUT2D eigenvalue weighted by molar-refractivity contribution is 5.79. The lowest BCUT2D eigenvalue weighted by molar-refractivity contribution is 0.254. The number of rotatable bonds is 8. The molecule has 1 aromatic carbocycles. The van der Waals surface area contributed by atoms with E-state index in [1.54, 1.807) is 12.3 Å². The van der Waals surface area contributed by atoms with Crippen molar-refractivity contribution in [2.45, 2.75) is 19.9 Å². The molecule has 1 fully saturated rings. The van der Waals surface area contributed by atoms with Gasteiger partial charge in [0.15, 0.2) is 5.96 Å². The predicted octanol–water partition coefficient (Wildman–Crippen LogP) is 2.49. The van der Waals surface area contributed by atoms with E-state index in [0.29, 0.717) is 12.2 Å². The number of nitrogens with one attached hydrogen (secondary N) is 2. The van der Waals surface area contributed by atoms with E-state index in [1.165, 1.54) is 6.07 Å². The first-order chi connectivity index (χ1) is 14.3. The Morgan fingerprint density at radius 1 is 1.07 bits per heavy atom. The SMILES string of the molecule is CCNC(=NCc1ccccn1)NCCCN1CCN(c2ccccc2F)CC1. The number of hydrogen-bond acceptors (Lipinski definition) is 4. The summed E-state index contributed by atoms with van der Waals surface area (Å²) in [6.07, 6.45) is 2.82. The van der Waals surface area contributed by atoms with Crippen LogP contribution in [-0.2, 0) is 6.54 Å². The zero-order valence-electron chi connectivity index (χ0n) is 17.1. The standard InChI is InChI=1S/C22H31FN6/c1-2-24-22(27-18-19-8-5-6-11-25-19)26-12-7-13-28-14-16-29(17-15-28)21-10-4-3-9-20(21)23/h3-6,8-11H,2,7,12-18H2,1H3,(H2,24,26,27). The fraction of sp³-hybridized carbons (Fsp3) is 0.455. The van der Waals surface area contributed by atoms with Crippen molar-refractivity contribution in [2.75, 3.05) is 50.7 Å². The first-order valence-electron chi connectivity index (χ1n) is 10.4. The van der Waals surface area contributed by atoms with Crippen LogP contribution in [0.5, 0.6) is 0 Å². The molecule has 6 nitrogen and oxygen atoms in total. The van der Waals surface area contributed by atoms with Gasteiger partial charge >= 0.3 is 0 Å². The minimum Gasteiger partial charge on any atom is -0.367 e. The number of hydrogen-bond donors (Lipinski definition) is 2. The molecule has 2 aromatic rings. The maximum atomic E-state index is 13.9. The molecular weight excluding hydrogens is 367 g/mol. The number of aromatic nitrogens is 1. The van der Waals surface area contributed by atoms with Gasteiger partial charge in [0.05, 0.1) is 17.9 Å². The molecule has 1 aliphatic rings. The number of para-hydroxylation sites is 1. The van der Waals surface area contributed by atoms with Crippen LogP contribution in [0, 0.1) is 5.82 Å². The predicted molar refractivity (Wildman–Crippen MR) is 117 cm³/mol. The largest absolute Gasteiger partial charge is 0.367 e. The van der Waals surface area contributed by atoms with Crippen molar-refractivity contribution in [3.05, 3.63) is 60.2 Å². The van der Waals surface area contributed by atoms with Crippen LogP contribution in [-0.4, -0.2) is 61.7 Å². The molecule has 7 heteroatoms. The Morgan fingerprint density at radius 3 is 2.59 bits per heavy atom. The molecule has 0 amide bonds. The van der Waals surface area contributed by atoms with Crippen molar-refractivity contribution < 1.29 is 4.39 Å². The second-order valence-electron chi connectivity index (χ2n) is 7.08. The van der Waals surface area contributed by atoms with Gasteiger partial charge in [-0.2, -0.15) is 0 Å². The Morgan fingerprint density at radius 2 is 1.86 bits per heavy atom. The highest BCUT2D eigenvalue weighted by atomic mass is 19.1. The Bertz CT molecular complexity index is 759. The molecular formula is C22H31FN6. The van der Waals surface area contributed by atoms with Crippen LogP contribution in [0.4, 0.5) is 10.1 Å². The topological polar surface area (TPSA) is 55.8 Å². The molecule has 2 N–H and O–H groups in total. The molecule has 156 valence electrons. The number of aliphatic imine (C=N–C) groups is 1. The van der Waals surface area contributed by atoms with E-state index in [2.05, 4.69) is 37.3 Å². The quantitative estimate of drug-likeness (QED) is 0.407. The molecule has 1 aliphatic heterocycles. The van der Waals surface area contributed by atoms with Gasteiger partial charge < -0.3 is 15.5 Å². The first-order valence-corrected chi connectivity index (χ1v) is 10.4. The third-order valence-corrected chi connectivity index (χ3v) is 4.98. The summed E-state index contributed by atoms with van der Waals surface area (Å²) in [7, 11) is 0. The molecule has 0 atom stereocenters. The van der Waals surface area contributed by atoms with Crippen LogP contribution in [0.2, 0.25) is 0 Å². The number of piperazine rings is 1. The molecule has 29 heavy (non-hydrogen) atoms. The van der Waals surface area contributed by atoms with E-state index in [0.717, 1.165) is 63.9 Å². The fourth-order valence-corrected chi connectivity index (χ4v) is 3.42. The summed E-state index contributed by atoms with van der Waals surface area (Å²) in [5.41, 5.74) is 1.67. The molecule has 0 saturated carbocycles. The summed E-state index contributed by atoms with van der Waals surface area (Å²) in [4.78, 5) is 13.5. The van der Waals surface area contributed by atoms with Crippen molar-refractivity contribution >= 4 is 11.6 Å². The highest BCUT2D eigenvalue weighted by Crippen LogP contribution is 2.20. The Hall–Kier alpha value is -2.67. The first kappa shape index (κ1) is 21.0. The van der Waals surface area contributed by atoms with Crippen LogP contribution in [0.15, 0.2) is 53.7 Å². The van der Waals surface area contributed by atoms with Gasteiger partial charge in [-0.15, -0.1) is 0 Å². The molecule has 0 bridgehead atoms. The van der Waals surface area contributed by atoms with E-state index in [-0.39, 0.29) is 5.82 Å². The summed E-state index contributed by atoms with van der Waals surface area (Å²) in [5.74, 6) is 0.689. The maximum Gasteiger partial charge on any atom is 0.191 e. The number of guanidine groups is 1. The lowest BCUT2D eigenvalue weighted by atomic mass is 10.2. The fourth-order valence-electron chi connectivity index (χ4n) is 3.42. The van der Waals surface area contributed by atoms with E-state index in [9.17, 15) is 4.39 Å². The number of nitrogens with zero attached hydrogens (tertiary/aromatic N) is 4. The van der Waals surface area contributed by atoms with Crippen molar-refractivity contribution in [2.24, 2.45) is 4.99 Å². The van der Waals surface area contributed by atoms with Gasteiger partial charge in [-0.05, 0) is 44.2 Å². The summed E-state index contributed by atoms with van der Waals surface area (Å²) in [6, 6.07) is 12.9. The molecule has 1 saturated heterocycles. The van der Waals surface area contributed by atoms with E-state index >= 15 is 0 Å². The smallest absolute Gasteiger partial charge is 0.191 e. The van der Waals surface area contributed by atoms with E-state index < -0.39 is 0 Å². The van der Waals surface area contributed by atoms with Crippen molar-refractivity contribution in [1.82, 2.24) is 20.5 Å². The number of pyridine rings is 1. The molecule has 0 radical (unpaired) electrons. The Kier molecular flexibility index (Phi) is 8.25. The van der Waals surface area contributed by atoms with Gasteiger partial charge in [0, 0.05) is 45.5 Å².